The number of amides is 1. The molecular weight excluding hydrogens is 374 g/mol. The molecule has 1 N–H and O–H groups in total. The Kier molecular flexibility index (Phi) is 4.83. The summed E-state index contributed by atoms with van der Waals surface area (Å²) in [5.74, 6) is -0.320. The molecule has 150 valence electrons. The summed E-state index contributed by atoms with van der Waals surface area (Å²) >= 11 is 0. The third-order valence-electron chi connectivity index (χ3n) is 5.36. The number of carboxylic acids is 1. The Morgan fingerprint density at radius 3 is 2.34 bits per heavy atom. The number of rotatable bonds is 4. The predicted octanol–water partition coefficient (Wildman–Crippen LogP) is 1.65. The van der Waals surface area contributed by atoms with Gasteiger partial charge in [0, 0.05) is 18.7 Å². The van der Waals surface area contributed by atoms with Crippen LogP contribution in [0, 0.1) is 13.8 Å². The standard InChI is InChI=1S/C19H21N7O3/c1-12-17(19(28)29)11-20-25(12)16-7-9-24(10-8-16)18(27)14-3-5-15(6-4-14)26-13(2)21-22-23-26/h3-6,11,16H,7-10H2,1-2H3,(H,28,29). The first kappa shape index (κ1) is 18.8. The third kappa shape index (κ3) is 3.48. The fourth-order valence-electron chi connectivity index (χ4n) is 3.71. The minimum Gasteiger partial charge on any atom is -0.478 e. The molecule has 1 aromatic carbocycles. The summed E-state index contributed by atoms with van der Waals surface area (Å²) in [5, 5.41) is 24.8. The lowest BCUT2D eigenvalue weighted by Gasteiger charge is -2.32. The summed E-state index contributed by atoms with van der Waals surface area (Å²) in [5.41, 5.74) is 2.28. The maximum Gasteiger partial charge on any atom is 0.339 e. The third-order valence-corrected chi connectivity index (χ3v) is 5.36. The monoisotopic (exact) mass is 395 g/mol. The van der Waals surface area contributed by atoms with E-state index in [2.05, 4.69) is 20.6 Å². The first-order valence-electron chi connectivity index (χ1n) is 9.38. The molecule has 0 unspecified atom stereocenters. The van der Waals surface area contributed by atoms with E-state index in [1.807, 2.05) is 24.0 Å². The maximum atomic E-state index is 12.8. The van der Waals surface area contributed by atoms with E-state index < -0.39 is 5.97 Å². The molecular formula is C19H21N7O3. The Morgan fingerprint density at radius 2 is 1.79 bits per heavy atom. The highest BCUT2D eigenvalue weighted by Gasteiger charge is 2.27. The number of hydrogen-bond donors (Lipinski definition) is 1. The lowest BCUT2D eigenvalue weighted by molar-refractivity contribution is 0.0688. The van der Waals surface area contributed by atoms with Gasteiger partial charge >= 0.3 is 5.97 Å². The number of tetrazole rings is 1. The molecule has 0 radical (unpaired) electrons. The molecule has 1 saturated heterocycles. The highest BCUT2D eigenvalue weighted by molar-refractivity contribution is 5.94. The lowest BCUT2D eigenvalue weighted by atomic mass is 10.0. The number of piperidine rings is 1. The summed E-state index contributed by atoms with van der Waals surface area (Å²) in [6, 6.07) is 7.30. The molecule has 10 heteroatoms. The molecule has 3 heterocycles. The van der Waals surface area contributed by atoms with E-state index in [1.165, 1.54) is 6.20 Å². The fraction of sp³-hybridized carbons (Fsp3) is 0.368. The van der Waals surface area contributed by atoms with E-state index in [-0.39, 0.29) is 17.5 Å². The molecule has 1 aliphatic rings. The molecule has 4 rings (SSSR count). The second-order valence-electron chi connectivity index (χ2n) is 7.10. The van der Waals surface area contributed by atoms with Crippen molar-refractivity contribution in [3.8, 4) is 5.69 Å². The van der Waals surface area contributed by atoms with Gasteiger partial charge in [0.25, 0.3) is 5.91 Å². The highest BCUT2D eigenvalue weighted by Crippen LogP contribution is 2.25. The Labute approximate surface area is 166 Å². The largest absolute Gasteiger partial charge is 0.478 e. The lowest BCUT2D eigenvalue weighted by Crippen LogP contribution is -2.39. The number of likely N-dealkylation sites (tertiary alicyclic amines) is 1. The quantitative estimate of drug-likeness (QED) is 0.713. The van der Waals surface area contributed by atoms with Crippen LogP contribution >= 0.6 is 0 Å². The molecule has 10 nitrogen and oxygen atoms in total. The summed E-state index contributed by atoms with van der Waals surface area (Å²) < 4.78 is 3.38. The van der Waals surface area contributed by atoms with Crippen LogP contribution in [0.2, 0.25) is 0 Å². The van der Waals surface area contributed by atoms with Crippen LogP contribution in [0.25, 0.3) is 5.69 Å². The highest BCUT2D eigenvalue weighted by atomic mass is 16.4. The van der Waals surface area contributed by atoms with Crippen LogP contribution in [0.1, 0.15) is 51.1 Å². The van der Waals surface area contributed by atoms with Crippen LogP contribution in [0.3, 0.4) is 0 Å². The number of carbonyl (C=O) groups excluding carboxylic acids is 1. The van der Waals surface area contributed by atoms with E-state index in [9.17, 15) is 14.7 Å². The van der Waals surface area contributed by atoms with Crippen molar-refractivity contribution in [3.05, 3.63) is 53.1 Å². The summed E-state index contributed by atoms with van der Waals surface area (Å²) in [4.78, 5) is 25.9. The molecule has 1 fully saturated rings. The average Bonchev–Trinajstić information content (AvgIpc) is 3.33. The Balaban J connectivity index is 1.41. The Bertz CT molecular complexity index is 1050. The van der Waals surface area contributed by atoms with Gasteiger partial charge < -0.3 is 10.0 Å². The number of hydrogen-bond acceptors (Lipinski definition) is 6. The van der Waals surface area contributed by atoms with Crippen molar-refractivity contribution in [1.29, 1.82) is 0 Å². The second-order valence-corrected chi connectivity index (χ2v) is 7.10. The van der Waals surface area contributed by atoms with E-state index in [0.29, 0.717) is 30.2 Å². The van der Waals surface area contributed by atoms with Crippen LogP contribution < -0.4 is 0 Å². The number of aryl methyl sites for hydroxylation is 1. The summed E-state index contributed by atoms with van der Waals surface area (Å²) in [6.45, 7) is 4.77. The average molecular weight is 395 g/mol. The van der Waals surface area contributed by atoms with Crippen LogP contribution in [-0.2, 0) is 0 Å². The van der Waals surface area contributed by atoms with Gasteiger partial charge in [-0.15, -0.1) is 5.10 Å². The zero-order chi connectivity index (χ0) is 20.5. The number of carbonyl (C=O) groups is 2. The van der Waals surface area contributed by atoms with Crippen molar-refractivity contribution in [3.63, 3.8) is 0 Å². The van der Waals surface area contributed by atoms with Crippen LogP contribution in [-0.4, -0.2) is 65.0 Å². The molecule has 0 bridgehead atoms. The zero-order valence-corrected chi connectivity index (χ0v) is 16.2. The number of aromatic nitrogens is 6. The smallest absolute Gasteiger partial charge is 0.339 e. The molecule has 0 atom stereocenters. The predicted molar refractivity (Wildman–Crippen MR) is 102 cm³/mol. The van der Waals surface area contributed by atoms with Crippen molar-refractivity contribution >= 4 is 11.9 Å². The number of nitrogens with zero attached hydrogens (tertiary/aromatic N) is 7. The molecule has 0 aliphatic carbocycles. The van der Waals surface area contributed by atoms with Gasteiger partial charge in [0.05, 0.1) is 23.6 Å². The maximum absolute atomic E-state index is 12.8. The van der Waals surface area contributed by atoms with Gasteiger partial charge in [-0.05, 0) is 61.4 Å². The second kappa shape index (κ2) is 7.46. The van der Waals surface area contributed by atoms with Gasteiger partial charge in [-0.25, -0.2) is 4.79 Å². The topological polar surface area (TPSA) is 119 Å². The molecule has 0 saturated carbocycles. The summed E-state index contributed by atoms with van der Waals surface area (Å²) in [7, 11) is 0. The van der Waals surface area contributed by atoms with E-state index in [0.717, 1.165) is 18.5 Å². The summed E-state index contributed by atoms with van der Waals surface area (Å²) in [6.07, 6.45) is 2.85. The van der Waals surface area contributed by atoms with Gasteiger partial charge in [0.15, 0.2) is 5.82 Å². The van der Waals surface area contributed by atoms with Gasteiger partial charge in [-0.3, -0.25) is 9.48 Å². The molecule has 1 amide bonds. The molecule has 3 aromatic rings. The van der Waals surface area contributed by atoms with E-state index in [1.54, 1.807) is 28.4 Å². The number of benzene rings is 1. The normalized spacial score (nSPS) is 14.9. The van der Waals surface area contributed by atoms with Gasteiger partial charge in [-0.1, -0.05) is 0 Å². The van der Waals surface area contributed by atoms with Crippen LogP contribution in [0.5, 0.6) is 0 Å². The van der Waals surface area contributed by atoms with Crippen LogP contribution in [0.15, 0.2) is 30.5 Å². The molecule has 0 spiro atoms. The van der Waals surface area contributed by atoms with Crippen molar-refractivity contribution in [2.75, 3.05) is 13.1 Å². The van der Waals surface area contributed by atoms with Crippen molar-refractivity contribution < 1.29 is 14.7 Å². The minimum atomic E-state index is -0.971. The molecule has 1 aliphatic heterocycles. The van der Waals surface area contributed by atoms with E-state index >= 15 is 0 Å². The minimum absolute atomic E-state index is 0.0214. The van der Waals surface area contributed by atoms with Gasteiger partial charge in [0.2, 0.25) is 0 Å². The van der Waals surface area contributed by atoms with Crippen molar-refractivity contribution in [2.24, 2.45) is 0 Å². The SMILES string of the molecule is Cc1nnnn1-c1ccc(C(=O)N2CCC(n3ncc(C(=O)O)c3C)CC2)cc1. The van der Waals surface area contributed by atoms with Crippen LogP contribution in [0.4, 0.5) is 0 Å². The van der Waals surface area contributed by atoms with Crippen molar-refractivity contribution in [1.82, 2.24) is 34.9 Å². The fourth-order valence-corrected chi connectivity index (χ4v) is 3.71. The van der Waals surface area contributed by atoms with Gasteiger partial charge in [0.1, 0.15) is 5.56 Å². The van der Waals surface area contributed by atoms with E-state index in [4.69, 9.17) is 0 Å². The first-order valence-corrected chi connectivity index (χ1v) is 9.38. The Hall–Kier alpha value is -3.56. The molecule has 2 aromatic heterocycles. The molecule has 29 heavy (non-hydrogen) atoms. The number of carboxylic acid groups (broad SMARTS) is 1. The Morgan fingerprint density at radius 1 is 1.10 bits per heavy atom. The van der Waals surface area contributed by atoms with Crippen molar-refractivity contribution in [2.45, 2.75) is 32.7 Å². The zero-order valence-electron chi connectivity index (χ0n) is 16.2. The van der Waals surface area contributed by atoms with Gasteiger partial charge in [-0.2, -0.15) is 9.78 Å². The number of aromatic carboxylic acids is 1. The first-order chi connectivity index (χ1) is 14.0.